The first-order valence-electron chi connectivity index (χ1n) is 12.0. The number of amides is 1. The summed E-state index contributed by atoms with van der Waals surface area (Å²) in [4.78, 5) is 29.2. The Balaban J connectivity index is 1.40. The molecule has 0 saturated heterocycles. The van der Waals surface area contributed by atoms with Crippen molar-refractivity contribution in [1.29, 1.82) is 0 Å². The molecule has 1 amide bonds. The highest BCUT2D eigenvalue weighted by Gasteiger charge is 2.21. The van der Waals surface area contributed by atoms with Gasteiger partial charge in [-0.15, -0.1) is 0 Å². The number of benzene rings is 1. The topological polar surface area (TPSA) is 112 Å². The smallest absolute Gasteiger partial charge is 0.229 e. The molecule has 0 radical (unpaired) electrons. The van der Waals surface area contributed by atoms with Gasteiger partial charge in [-0.2, -0.15) is 5.10 Å². The van der Waals surface area contributed by atoms with E-state index in [4.69, 9.17) is 0 Å². The van der Waals surface area contributed by atoms with Gasteiger partial charge in [-0.3, -0.25) is 24.8 Å². The number of hydrogen-bond acceptors (Lipinski definition) is 5. The SMILES string of the molecule is CC(C)(C)C(=O)Nc1cncc(-c2cc3c(-c4cc5c(-c6cccnc6)cccc5[nH]4)n[nH]c3cn2)c1. The maximum atomic E-state index is 12.4. The number of aromatic amines is 2. The zero-order valence-electron chi connectivity index (χ0n) is 20.7. The largest absolute Gasteiger partial charge is 0.353 e. The van der Waals surface area contributed by atoms with Gasteiger partial charge in [0.1, 0.15) is 5.69 Å². The first kappa shape index (κ1) is 22.6. The molecule has 8 nitrogen and oxygen atoms in total. The Kier molecular flexibility index (Phi) is 5.30. The van der Waals surface area contributed by atoms with Gasteiger partial charge in [0.25, 0.3) is 0 Å². The van der Waals surface area contributed by atoms with Crippen LogP contribution in [0, 0.1) is 5.41 Å². The summed E-state index contributed by atoms with van der Waals surface area (Å²) in [7, 11) is 0. The molecule has 3 N–H and O–H groups in total. The molecule has 0 fully saturated rings. The third-order valence-corrected chi connectivity index (χ3v) is 6.31. The number of aromatic nitrogens is 6. The van der Waals surface area contributed by atoms with Gasteiger partial charge in [-0.05, 0) is 35.9 Å². The van der Waals surface area contributed by atoms with E-state index in [0.29, 0.717) is 5.69 Å². The molecule has 8 heteroatoms. The lowest BCUT2D eigenvalue weighted by molar-refractivity contribution is -0.123. The Hall–Kier alpha value is -4.85. The number of nitrogens with zero attached hydrogens (tertiary/aromatic N) is 4. The predicted octanol–water partition coefficient (Wildman–Crippen LogP) is 6.21. The van der Waals surface area contributed by atoms with Crippen molar-refractivity contribution in [3.05, 3.63) is 79.5 Å². The van der Waals surface area contributed by atoms with E-state index < -0.39 is 5.41 Å². The van der Waals surface area contributed by atoms with Gasteiger partial charge in [0, 0.05) is 51.4 Å². The van der Waals surface area contributed by atoms with Gasteiger partial charge < -0.3 is 10.3 Å². The van der Waals surface area contributed by atoms with E-state index in [1.54, 1.807) is 24.8 Å². The number of anilines is 1. The molecule has 0 spiro atoms. The summed E-state index contributed by atoms with van der Waals surface area (Å²) in [5, 5.41) is 12.7. The summed E-state index contributed by atoms with van der Waals surface area (Å²) in [5.41, 5.74) is 7.39. The van der Waals surface area contributed by atoms with Crippen molar-refractivity contribution in [2.75, 3.05) is 5.32 Å². The molecule has 0 atom stereocenters. The molecule has 0 aliphatic carbocycles. The van der Waals surface area contributed by atoms with Crippen LogP contribution in [0.25, 0.3) is 55.6 Å². The van der Waals surface area contributed by atoms with Gasteiger partial charge in [-0.25, -0.2) is 0 Å². The first-order valence-corrected chi connectivity index (χ1v) is 12.0. The van der Waals surface area contributed by atoms with Gasteiger partial charge in [0.05, 0.1) is 35.0 Å². The van der Waals surface area contributed by atoms with Crippen molar-refractivity contribution in [2.45, 2.75) is 20.8 Å². The number of fused-ring (bicyclic) bond motifs is 2. The molecule has 5 heterocycles. The van der Waals surface area contributed by atoms with Crippen LogP contribution in [-0.4, -0.2) is 36.0 Å². The third kappa shape index (κ3) is 4.23. The molecule has 1 aromatic carbocycles. The van der Waals surface area contributed by atoms with Crippen LogP contribution in [0.4, 0.5) is 5.69 Å². The molecule has 0 aliphatic heterocycles. The molecular formula is C29H25N7O. The third-order valence-electron chi connectivity index (χ3n) is 6.31. The van der Waals surface area contributed by atoms with Crippen molar-refractivity contribution in [3.8, 4) is 33.8 Å². The number of pyridine rings is 3. The maximum Gasteiger partial charge on any atom is 0.229 e. The lowest BCUT2D eigenvalue weighted by atomic mass is 9.95. The van der Waals surface area contributed by atoms with Crippen molar-refractivity contribution in [2.24, 2.45) is 5.41 Å². The summed E-state index contributed by atoms with van der Waals surface area (Å²) in [6.07, 6.45) is 8.79. The number of carbonyl (C=O) groups excluding carboxylic acids is 1. The molecule has 6 rings (SSSR count). The van der Waals surface area contributed by atoms with Crippen LogP contribution in [0.15, 0.2) is 79.5 Å². The molecule has 0 unspecified atom stereocenters. The number of rotatable bonds is 4. The van der Waals surface area contributed by atoms with Crippen molar-refractivity contribution in [3.63, 3.8) is 0 Å². The summed E-state index contributed by atoms with van der Waals surface area (Å²) >= 11 is 0. The zero-order valence-corrected chi connectivity index (χ0v) is 20.7. The standard InChI is InChI=1S/C29H25N7O/c1-29(2,3)28(37)33-19-10-18(14-31-15-19)24-12-22-26(16-32-24)35-36-27(22)25-11-21-20(7-4-8-23(21)34-25)17-6-5-9-30-13-17/h4-16,34H,1-3H3,(H,33,37)(H,35,36). The minimum atomic E-state index is -0.505. The Morgan fingerprint density at radius 2 is 1.73 bits per heavy atom. The summed E-state index contributed by atoms with van der Waals surface area (Å²) in [6.45, 7) is 5.62. The monoisotopic (exact) mass is 487 g/mol. The summed E-state index contributed by atoms with van der Waals surface area (Å²) < 4.78 is 0. The van der Waals surface area contributed by atoms with Crippen LogP contribution in [0.2, 0.25) is 0 Å². The van der Waals surface area contributed by atoms with Crippen LogP contribution in [0.1, 0.15) is 20.8 Å². The molecular weight excluding hydrogens is 462 g/mol. The van der Waals surface area contributed by atoms with Crippen LogP contribution in [0.5, 0.6) is 0 Å². The number of hydrogen-bond donors (Lipinski definition) is 3. The molecule has 0 bridgehead atoms. The van der Waals surface area contributed by atoms with Gasteiger partial charge in [-0.1, -0.05) is 39.0 Å². The second-order valence-electron chi connectivity index (χ2n) is 10.0. The van der Waals surface area contributed by atoms with Crippen LogP contribution >= 0.6 is 0 Å². The maximum absolute atomic E-state index is 12.4. The number of nitrogens with one attached hydrogen (secondary N) is 3. The highest BCUT2D eigenvalue weighted by Crippen LogP contribution is 2.34. The van der Waals surface area contributed by atoms with Crippen LogP contribution in [0.3, 0.4) is 0 Å². The lowest BCUT2D eigenvalue weighted by Gasteiger charge is -2.17. The summed E-state index contributed by atoms with van der Waals surface area (Å²) in [6, 6.07) is 16.2. The Bertz CT molecular complexity index is 1760. The fourth-order valence-corrected chi connectivity index (χ4v) is 4.30. The Labute approximate surface area is 213 Å². The molecule has 5 aromatic heterocycles. The summed E-state index contributed by atoms with van der Waals surface area (Å²) in [5.74, 6) is -0.0727. The lowest BCUT2D eigenvalue weighted by Crippen LogP contribution is -2.27. The molecule has 182 valence electrons. The van der Waals surface area contributed by atoms with Crippen molar-refractivity contribution in [1.82, 2.24) is 30.1 Å². The zero-order chi connectivity index (χ0) is 25.6. The fraction of sp³-hybridized carbons (Fsp3) is 0.138. The molecule has 0 saturated carbocycles. The molecule has 37 heavy (non-hydrogen) atoms. The van der Waals surface area contributed by atoms with Crippen molar-refractivity contribution < 1.29 is 4.79 Å². The number of H-pyrrole nitrogens is 2. The first-order chi connectivity index (χ1) is 17.9. The van der Waals surface area contributed by atoms with Crippen molar-refractivity contribution >= 4 is 33.4 Å². The quantitative estimate of drug-likeness (QED) is 0.273. The average molecular weight is 488 g/mol. The van der Waals surface area contributed by atoms with Crippen LogP contribution in [-0.2, 0) is 4.79 Å². The average Bonchev–Trinajstić information content (AvgIpc) is 3.52. The van der Waals surface area contributed by atoms with Gasteiger partial charge in [0.15, 0.2) is 0 Å². The van der Waals surface area contributed by atoms with E-state index in [9.17, 15) is 4.79 Å². The van der Waals surface area contributed by atoms with E-state index >= 15 is 0 Å². The fourth-order valence-electron chi connectivity index (χ4n) is 4.30. The number of carbonyl (C=O) groups is 1. The molecule has 6 aromatic rings. The minimum absolute atomic E-state index is 0.0727. The van der Waals surface area contributed by atoms with E-state index in [1.165, 1.54) is 0 Å². The van der Waals surface area contributed by atoms with E-state index in [1.807, 2.05) is 51.2 Å². The Morgan fingerprint density at radius 3 is 2.54 bits per heavy atom. The second-order valence-corrected chi connectivity index (χ2v) is 10.0. The normalized spacial score (nSPS) is 11.8. The highest BCUT2D eigenvalue weighted by molar-refractivity contribution is 6.01. The minimum Gasteiger partial charge on any atom is -0.353 e. The predicted molar refractivity (Wildman–Crippen MR) is 146 cm³/mol. The van der Waals surface area contributed by atoms with Crippen LogP contribution < -0.4 is 5.32 Å². The van der Waals surface area contributed by atoms with E-state index in [-0.39, 0.29) is 5.91 Å². The van der Waals surface area contributed by atoms with E-state index in [2.05, 4.69) is 59.7 Å². The van der Waals surface area contributed by atoms with Gasteiger partial charge in [0.2, 0.25) is 5.91 Å². The van der Waals surface area contributed by atoms with E-state index in [0.717, 1.165) is 55.6 Å². The second kappa shape index (κ2) is 8.67. The molecule has 0 aliphatic rings. The van der Waals surface area contributed by atoms with Gasteiger partial charge >= 0.3 is 0 Å². The Morgan fingerprint density at radius 1 is 0.865 bits per heavy atom. The highest BCUT2D eigenvalue weighted by atomic mass is 16.2.